The van der Waals surface area contributed by atoms with Crippen LogP contribution in [0.15, 0.2) is 36.4 Å². The maximum absolute atomic E-state index is 12.2. The van der Waals surface area contributed by atoms with Gasteiger partial charge in [-0.2, -0.15) is 0 Å². The van der Waals surface area contributed by atoms with E-state index in [4.69, 9.17) is 25.8 Å². The summed E-state index contributed by atoms with van der Waals surface area (Å²) in [4.78, 5) is 24.4. The number of amides is 1. The number of ether oxygens (including phenoxy) is 3. The van der Waals surface area contributed by atoms with Gasteiger partial charge in [-0.25, -0.2) is 4.79 Å². The summed E-state index contributed by atoms with van der Waals surface area (Å²) in [5.41, 5.74) is 2.37. The highest BCUT2D eigenvalue weighted by atomic mass is 35.5. The average molecular weight is 406 g/mol. The molecule has 2 aromatic carbocycles. The highest BCUT2D eigenvalue weighted by Crippen LogP contribution is 2.36. The molecule has 0 aliphatic rings. The Bertz CT molecular complexity index is 835. The number of hydrogen-bond acceptors (Lipinski definition) is 5. The number of halogens is 1. The summed E-state index contributed by atoms with van der Waals surface area (Å²) in [7, 11) is 2.88. The second kappa shape index (κ2) is 9.99. The van der Waals surface area contributed by atoms with Gasteiger partial charge < -0.3 is 19.5 Å². The second-order valence-electron chi connectivity index (χ2n) is 6.15. The molecule has 0 bridgehead atoms. The number of nitrogens with one attached hydrogen (secondary N) is 1. The van der Waals surface area contributed by atoms with Gasteiger partial charge in [0.05, 0.1) is 30.8 Å². The Balaban J connectivity index is 1.94. The zero-order valence-corrected chi connectivity index (χ0v) is 17.1. The fourth-order valence-electron chi connectivity index (χ4n) is 2.66. The van der Waals surface area contributed by atoms with Crippen LogP contribution in [0, 0.1) is 0 Å². The maximum Gasteiger partial charge on any atom is 0.338 e. The molecule has 0 aromatic heterocycles. The first-order valence-electron chi connectivity index (χ1n) is 8.86. The smallest absolute Gasteiger partial charge is 0.338 e. The van der Waals surface area contributed by atoms with Gasteiger partial charge in [0, 0.05) is 0 Å². The largest absolute Gasteiger partial charge is 0.493 e. The van der Waals surface area contributed by atoms with Crippen molar-refractivity contribution < 1.29 is 23.8 Å². The van der Waals surface area contributed by atoms with Crippen LogP contribution in [0.5, 0.6) is 11.5 Å². The molecule has 0 unspecified atom stereocenters. The monoisotopic (exact) mass is 405 g/mol. The lowest BCUT2D eigenvalue weighted by Gasteiger charge is -2.15. The quantitative estimate of drug-likeness (QED) is 0.673. The molecule has 0 radical (unpaired) electrons. The topological polar surface area (TPSA) is 73.9 Å². The van der Waals surface area contributed by atoms with Crippen LogP contribution in [0.2, 0.25) is 5.02 Å². The molecule has 0 saturated heterocycles. The summed E-state index contributed by atoms with van der Waals surface area (Å²) in [5.74, 6) is -0.457. The molecule has 0 fully saturated rings. The minimum Gasteiger partial charge on any atom is -0.493 e. The second-order valence-corrected chi connectivity index (χ2v) is 6.56. The average Bonchev–Trinajstić information content (AvgIpc) is 2.71. The summed E-state index contributed by atoms with van der Waals surface area (Å²) in [5, 5.41) is 3.02. The van der Waals surface area contributed by atoms with E-state index in [9.17, 15) is 9.59 Å². The molecule has 28 heavy (non-hydrogen) atoms. The molecule has 0 heterocycles. The Morgan fingerprint density at radius 3 is 2.36 bits per heavy atom. The SMILES string of the molecule is CCc1ccc([C@@H](C)NC(=O)COC(=O)c2cc(Cl)c(OC)c(OC)c2)cc1. The van der Waals surface area contributed by atoms with Gasteiger partial charge in [-0.3, -0.25) is 4.79 Å². The number of esters is 1. The van der Waals surface area contributed by atoms with Gasteiger partial charge in [0.1, 0.15) is 0 Å². The van der Waals surface area contributed by atoms with Gasteiger partial charge >= 0.3 is 5.97 Å². The molecule has 1 amide bonds. The third-order valence-electron chi connectivity index (χ3n) is 4.27. The molecule has 0 aliphatic heterocycles. The van der Waals surface area contributed by atoms with Gasteiger partial charge in [0.15, 0.2) is 18.1 Å². The number of carbonyl (C=O) groups excluding carboxylic acids is 2. The van der Waals surface area contributed by atoms with Crippen molar-refractivity contribution in [2.75, 3.05) is 20.8 Å². The Hall–Kier alpha value is -2.73. The third kappa shape index (κ3) is 5.39. The van der Waals surface area contributed by atoms with Crippen molar-refractivity contribution in [2.45, 2.75) is 26.3 Å². The molecule has 7 heteroatoms. The standard InChI is InChI=1S/C21H24ClNO5/c1-5-14-6-8-15(9-7-14)13(2)23-19(24)12-28-21(25)16-10-17(22)20(27-4)18(11-16)26-3/h6-11,13H,5,12H2,1-4H3,(H,23,24)/t13-/m1/s1. The van der Waals surface area contributed by atoms with Crippen LogP contribution in [0.25, 0.3) is 0 Å². The lowest BCUT2D eigenvalue weighted by Crippen LogP contribution is -2.31. The van der Waals surface area contributed by atoms with Crippen LogP contribution in [0.1, 0.15) is 41.4 Å². The first-order chi connectivity index (χ1) is 13.4. The van der Waals surface area contributed by atoms with Crippen LogP contribution in [0.4, 0.5) is 0 Å². The van der Waals surface area contributed by atoms with Gasteiger partial charge in [0.2, 0.25) is 0 Å². The predicted octanol–water partition coefficient (Wildman–Crippen LogP) is 3.95. The molecule has 0 spiro atoms. The van der Waals surface area contributed by atoms with E-state index in [0.717, 1.165) is 12.0 Å². The number of benzene rings is 2. The van der Waals surface area contributed by atoms with Crippen molar-refractivity contribution in [3.05, 3.63) is 58.1 Å². The summed E-state index contributed by atoms with van der Waals surface area (Å²) in [6.45, 7) is 3.55. The lowest BCUT2D eigenvalue weighted by molar-refractivity contribution is -0.124. The Morgan fingerprint density at radius 1 is 1.11 bits per heavy atom. The minimum absolute atomic E-state index is 0.165. The number of hydrogen-bond donors (Lipinski definition) is 1. The zero-order valence-electron chi connectivity index (χ0n) is 16.4. The molecule has 1 N–H and O–H groups in total. The fraction of sp³-hybridized carbons (Fsp3) is 0.333. The van der Waals surface area contributed by atoms with E-state index < -0.39 is 18.5 Å². The molecule has 2 rings (SSSR count). The van der Waals surface area contributed by atoms with Gasteiger partial charge in [-0.15, -0.1) is 0 Å². The highest BCUT2D eigenvalue weighted by Gasteiger charge is 2.18. The van der Waals surface area contributed by atoms with E-state index in [1.165, 1.54) is 31.9 Å². The molecule has 0 aliphatic carbocycles. The molecular formula is C21H24ClNO5. The highest BCUT2D eigenvalue weighted by molar-refractivity contribution is 6.32. The zero-order chi connectivity index (χ0) is 20.7. The first-order valence-corrected chi connectivity index (χ1v) is 9.24. The van der Waals surface area contributed by atoms with Crippen molar-refractivity contribution in [3.8, 4) is 11.5 Å². The normalized spacial score (nSPS) is 11.5. The molecule has 2 aromatic rings. The number of carbonyl (C=O) groups is 2. The summed E-state index contributed by atoms with van der Waals surface area (Å²) >= 11 is 6.09. The van der Waals surface area contributed by atoms with E-state index in [0.29, 0.717) is 11.5 Å². The van der Waals surface area contributed by atoms with Gasteiger partial charge in [-0.05, 0) is 36.6 Å². The van der Waals surface area contributed by atoms with E-state index in [1.54, 1.807) is 0 Å². The summed E-state index contributed by atoms with van der Waals surface area (Å²) in [6.07, 6.45) is 0.955. The van der Waals surface area contributed by atoms with Crippen LogP contribution >= 0.6 is 11.6 Å². The Kier molecular flexibility index (Phi) is 7.70. The molecular weight excluding hydrogens is 382 g/mol. The van der Waals surface area contributed by atoms with E-state index in [-0.39, 0.29) is 16.6 Å². The van der Waals surface area contributed by atoms with Gasteiger partial charge in [-0.1, -0.05) is 42.8 Å². The summed E-state index contributed by atoms with van der Waals surface area (Å²) in [6, 6.07) is 10.7. The van der Waals surface area contributed by atoms with Crippen LogP contribution in [-0.4, -0.2) is 32.7 Å². The number of aryl methyl sites for hydroxylation is 1. The van der Waals surface area contributed by atoms with Crippen molar-refractivity contribution in [2.24, 2.45) is 0 Å². The first kappa shape index (κ1) is 21.6. The maximum atomic E-state index is 12.2. The Morgan fingerprint density at radius 2 is 1.79 bits per heavy atom. The van der Waals surface area contributed by atoms with Crippen molar-refractivity contribution in [3.63, 3.8) is 0 Å². The van der Waals surface area contributed by atoms with Crippen molar-refractivity contribution in [1.29, 1.82) is 0 Å². The minimum atomic E-state index is -0.682. The van der Waals surface area contributed by atoms with E-state index in [1.807, 2.05) is 31.2 Å². The molecule has 150 valence electrons. The Labute approximate surface area is 169 Å². The number of methoxy groups -OCH3 is 2. The summed E-state index contributed by atoms with van der Waals surface area (Å²) < 4.78 is 15.4. The van der Waals surface area contributed by atoms with Gasteiger partial charge in [0.25, 0.3) is 5.91 Å². The van der Waals surface area contributed by atoms with Crippen molar-refractivity contribution in [1.82, 2.24) is 5.32 Å². The van der Waals surface area contributed by atoms with Crippen LogP contribution in [-0.2, 0) is 16.0 Å². The van der Waals surface area contributed by atoms with Crippen LogP contribution in [0.3, 0.4) is 0 Å². The van der Waals surface area contributed by atoms with Crippen LogP contribution < -0.4 is 14.8 Å². The van der Waals surface area contributed by atoms with Crippen molar-refractivity contribution >= 4 is 23.5 Å². The molecule has 1 atom stereocenters. The lowest BCUT2D eigenvalue weighted by atomic mass is 10.1. The fourth-order valence-corrected chi connectivity index (χ4v) is 2.95. The molecule has 6 nitrogen and oxygen atoms in total. The number of rotatable bonds is 8. The third-order valence-corrected chi connectivity index (χ3v) is 4.55. The van der Waals surface area contributed by atoms with E-state index in [2.05, 4.69) is 12.2 Å². The molecule has 0 saturated carbocycles. The van der Waals surface area contributed by atoms with E-state index >= 15 is 0 Å². The predicted molar refractivity (Wildman–Crippen MR) is 107 cm³/mol.